The van der Waals surface area contributed by atoms with Gasteiger partial charge in [0.25, 0.3) is 0 Å². The summed E-state index contributed by atoms with van der Waals surface area (Å²) in [4.78, 5) is 18.8. The van der Waals surface area contributed by atoms with E-state index >= 15 is 0 Å². The van der Waals surface area contributed by atoms with E-state index in [9.17, 15) is 4.79 Å². The van der Waals surface area contributed by atoms with Crippen LogP contribution in [0.15, 0.2) is 28.2 Å². The highest BCUT2D eigenvalue weighted by Crippen LogP contribution is 2.28. The molecule has 0 aliphatic heterocycles. The molecule has 1 amide bonds. The third-order valence-electron chi connectivity index (χ3n) is 3.79. The van der Waals surface area contributed by atoms with Crippen molar-refractivity contribution < 1.29 is 14.3 Å². The SMILES string of the molecule is O=C(CN(CCCCO)C1CC1)Nc1nc(-c2ccco2)cs1. The molecule has 0 bridgehead atoms. The summed E-state index contributed by atoms with van der Waals surface area (Å²) >= 11 is 1.39. The fraction of sp³-hybridized carbons (Fsp3) is 0.500. The van der Waals surface area contributed by atoms with Crippen LogP contribution in [0.5, 0.6) is 0 Å². The maximum atomic E-state index is 12.2. The minimum atomic E-state index is -0.0405. The van der Waals surface area contributed by atoms with Gasteiger partial charge in [-0.1, -0.05) is 0 Å². The Hall–Kier alpha value is -1.70. The van der Waals surface area contributed by atoms with E-state index in [1.165, 1.54) is 11.3 Å². The summed E-state index contributed by atoms with van der Waals surface area (Å²) in [5.41, 5.74) is 0.734. The Kier molecular flexibility index (Phi) is 5.43. The minimum absolute atomic E-state index is 0.0405. The van der Waals surface area contributed by atoms with Crippen molar-refractivity contribution in [2.24, 2.45) is 0 Å². The van der Waals surface area contributed by atoms with E-state index in [0.717, 1.165) is 37.9 Å². The summed E-state index contributed by atoms with van der Waals surface area (Å²) in [7, 11) is 0. The number of carbonyl (C=O) groups is 1. The third kappa shape index (κ3) is 4.63. The minimum Gasteiger partial charge on any atom is -0.463 e. The van der Waals surface area contributed by atoms with Gasteiger partial charge in [0.2, 0.25) is 5.91 Å². The molecule has 7 heteroatoms. The van der Waals surface area contributed by atoms with Crippen LogP contribution in [0.25, 0.3) is 11.5 Å². The number of amides is 1. The number of aromatic nitrogens is 1. The quantitative estimate of drug-likeness (QED) is 0.689. The van der Waals surface area contributed by atoms with Gasteiger partial charge in [0.1, 0.15) is 5.69 Å². The first-order valence-electron chi connectivity index (χ1n) is 7.90. The lowest BCUT2D eigenvalue weighted by Crippen LogP contribution is -2.35. The molecule has 0 aromatic carbocycles. The molecule has 0 spiro atoms. The second kappa shape index (κ2) is 7.72. The van der Waals surface area contributed by atoms with Crippen LogP contribution in [-0.4, -0.2) is 46.6 Å². The van der Waals surface area contributed by atoms with Gasteiger partial charge in [0.05, 0.1) is 12.8 Å². The molecule has 23 heavy (non-hydrogen) atoms. The molecule has 2 aromatic rings. The fourth-order valence-electron chi connectivity index (χ4n) is 2.47. The Balaban J connectivity index is 1.52. The van der Waals surface area contributed by atoms with Crippen LogP contribution in [0.1, 0.15) is 25.7 Å². The van der Waals surface area contributed by atoms with Crippen molar-refractivity contribution >= 4 is 22.4 Å². The highest BCUT2D eigenvalue weighted by atomic mass is 32.1. The van der Waals surface area contributed by atoms with Crippen LogP contribution in [0, 0.1) is 0 Å². The number of anilines is 1. The molecule has 1 fully saturated rings. The van der Waals surface area contributed by atoms with Crippen LogP contribution in [0.3, 0.4) is 0 Å². The van der Waals surface area contributed by atoms with Gasteiger partial charge in [0, 0.05) is 18.0 Å². The number of rotatable bonds is 9. The molecule has 124 valence electrons. The molecule has 1 saturated carbocycles. The number of nitrogens with one attached hydrogen (secondary N) is 1. The number of hydrogen-bond donors (Lipinski definition) is 2. The van der Waals surface area contributed by atoms with Crippen LogP contribution < -0.4 is 5.32 Å². The van der Waals surface area contributed by atoms with Gasteiger partial charge in [0.15, 0.2) is 10.9 Å². The molecule has 0 saturated heterocycles. The number of furan rings is 1. The van der Waals surface area contributed by atoms with Crippen molar-refractivity contribution in [3.63, 3.8) is 0 Å². The Morgan fingerprint density at radius 2 is 2.35 bits per heavy atom. The Morgan fingerprint density at radius 3 is 3.04 bits per heavy atom. The molecular weight excluding hydrogens is 314 g/mol. The van der Waals surface area contributed by atoms with Crippen molar-refractivity contribution in [2.75, 3.05) is 25.0 Å². The first-order chi connectivity index (χ1) is 11.3. The zero-order chi connectivity index (χ0) is 16.1. The van der Waals surface area contributed by atoms with E-state index in [1.54, 1.807) is 6.26 Å². The van der Waals surface area contributed by atoms with Crippen LogP contribution >= 0.6 is 11.3 Å². The van der Waals surface area contributed by atoms with E-state index in [-0.39, 0.29) is 12.5 Å². The summed E-state index contributed by atoms with van der Waals surface area (Å²) in [5.74, 6) is 0.659. The van der Waals surface area contributed by atoms with Crippen LogP contribution in [-0.2, 0) is 4.79 Å². The molecule has 0 unspecified atom stereocenters. The Morgan fingerprint density at radius 1 is 1.48 bits per heavy atom. The number of nitrogens with zero attached hydrogens (tertiary/aromatic N) is 2. The number of thiazole rings is 1. The molecule has 0 radical (unpaired) electrons. The molecule has 1 aliphatic rings. The van der Waals surface area contributed by atoms with Crippen LogP contribution in [0.4, 0.5) is 5.13 Å². The smallest absolute Gasteiger partial charge is 0.240 e. The van der Waals surface area contributed by atoms with Crippen molar-refractivity contribution in [1.82, 2.24) is 9.88 Å². The van der Waals surface area contributed by atoms with E-state index in [1.807, 2.05) is 17.5 Å². The average Bonchev–Trinajstić information content (AvgIpc) is 3.04. The number of aliphatic hydroxyl groups is 1. The lowest BCUT2D eigenvalue weighted by Gasteiger charge is -2.20. The van der Waals surface area contributed by atoms with E-state index < -0.39 is 0 Å². The first kappa shape index (κ1) is 16.2. The predicted molar refractivity (Wildman–Crippen MR) is 89.4 cm³/mol. The fourth-order valence-corrected chi connectivity index (χ4v) is 3.18. The molecule has 3 rings (SSSR count). The lowest BCUT2D eigenvalue weighted by molar-refractivity contribution is -0.117. The Bertz CT molecular complexity index is 622. The van der Waals surface area contributed by atoms with Gasteiger partial charge in [-0.05, 0) is 44.4 Å². The van der Waals surface area contributed by atoms with Gasteiger partial charge >= 0.3 is 0 Å². The number of aliphatic hydroxyl groups excluding tert-OH is 1. The topological polar surface area (TPSA) is 78.6 Å². The molecule has 0 atom stereocenters. The van der Waals surface area contributed by atoms with E-state index in [2.05, 4.69) is 15.2 Å². The third-order valence-corrected chi connectivity index (χ3v) is 4.55. The van der Waals surface area contributed by atoms with Gasteiger partial charge in [-0.3, -0.25) is 9.69 Å². The standard InChI is InChI=1S/C16H21N3O3S/c20-8-2-1-7-19(12-5-6-12)10-15(21)18-16-17-13(11-23-16)14-4-3-9-22-14/h3-4,9,11-12,20H,1-2,5-8,10H2,(H,17,18,21). The van der Waals surface area contributed by atoms with Crippen molar-refractivity contribution in [3.05, 3.63) is 23.8 Å². The molecule has 2 N–H and O–H groups in total. The average molecular weight is 335 g/mol. The molecule has 2 aromatic heterocycles. The highest BCUT2D eigenvalue weighted by Gasteiger charge is 2.29. The molecule has 6 nitrogen and oxygen atoms in total. The summed E-state index contributed by atoms with van der Waals surface area (Å²) in [5, 5.41) is 14.2. The first-order valence-corrected chi connectivity index (χ1v) is 8.78. The normalized spacial score (nSPS) is 14.3. The number of hydrogen-bond acceptors (Lipinski definition) is 6. The summed E-state index contributed by atoms with van der Waals surface area (Å²) in [6, 6.07) is 4.18. The molecule has 1 aliphatic carbocycles. The maximum Gasteiger partial charge on any atom is 0.240 e. The largest absolute Gasteiger partial charge is 0.463 e. The number of unbranched alkanes of at least 4 members (excludes halogenated alkanes) is 1. The van der Waals surface area contributed by atoms with Gasteiger partial charge in [-0.15, -0.1) is 11.3 Å². The summed E-state index contributed by atoms with van der Waals surface area (Å²) in [6.07, 6.45) is 5.62. The van der Waals surface area contributed by atoms with Crippen molar-refractivity contribution in [1.29, 1.82) is 0 Å². The van der Waals surface area contributed by atoms with Gasteiger partial charge in [-0.25, -0.2) is 4.98 Å². The number of carbonyl (C=O) groups excluding carboxylic acids is 1. The lowest BCUT2D eigenvalue weighted by atomic mass is 10.3. The van der Waals surface area contributed by atoms with E-state index in [4.69, 9.17) is 9.52 Å². The molecule has 2 heterocycles. The summed E-state index contributed by atoms with van der Waals surface area (Å²) in [6.45, 7) is 1.44. The predicted octanol–water partition coefficient (Wildman–Crippen LogP) is 2.58. The van der Waals surface area contributed by atoms with Crippen molar-refractivity contribution in [2.45, 2.75) is 31.7 Å². The van der Waals surface area contributed by atoms with E-state index in [0.29, 0.717) is 23.5 Å². The maximum absolute atomic E-state index is 12.2. The second-order valence-electron chi connectivity index (χ2n) is 5.70. The zero-order valence-electron chi connectivity index (χ0n) is 12.9. The summed E-state index contributed by atoms with van der Waals surface area (Å²) < 4.78 is 5.30. The molecular formula is C16H21N3O3S. The van der Waals surface area contributed by atoms with Crippen molar-refractivity contribution in [3.8, 4) is 11.5 Å². The van der Waals surface area contributed by atoms with Gasteiger partial charge in [-0.2, -0.15) is 0 Å². The Labute approximate surface area is 139 Å². The second-order valence-corrected chi connectivity index (χ2v) is 6.55. The highest BCUT2D eigenvalue weighted by molar-refractivity contribution is 7.14. The van der Waals surface area contributed by atoms with Gasteiger partial charge < -0.3 is 14.8 Å². The zero-order valence-corrected chi connectivity index (χ0v) is 13.7. The monoisotopic (exact) mass is 335 g/mol. The van der Waals surface area contributed by atoms with Crippen LogP contribution in [0.2, 0.25) is 0 Å².